The molecule has 0 bridgehead atoms. The van der Waals surface area contributed by atoms with Crippen molar-refractivity contribution in [1.82, 2.24) is 4.98 Å². The van der Waals surface area contributed by atoms with Crippen LogP contribution in [0.4, 0.5) is 0 Å². The maximum absolute atomic E-state index is 6.00. The number of pyridine rings is 1. The molecule has 3 nitrogen and oxygen atoms in total. The van der Waals surface area contributed by atoms with Crippen LogP contribution in [-0.2, 0) is 0 Å². The summed E-state index contributed by atoms with van der Waals surface area (Å²) in [5.41, 5.74) is 7.66. The Kier molecular flexibility index (Phi) is 4.69. The first-order chi connectivity index (χ1) is 9.45. The van der Waals surface area contributed by atoms with E-state index < -0.39 is 0 Å². The van der Waals surface area contributed by atoms with Crippen LogP contribution in [0.2, 0.25) is 0 Å². The van der Waals surface area contributed by atoms with Gasteiger partial charge in [0.1, 0.15) is 5.75 Å². The van der Waals surface area contributed by atoms with Gasteiger partial charge in [-0.25, -0.2) is 0 Å². The van der Waals surface area contributed by atoms with E-state index in [9.17, 15) is 0 Å². The first kappa shape index (κ1) is 15.3. The fourth-order valence-electron chi connectivity index (χ4n) is 3.46. The maximum atomic E-state index is 6.00. The summed E-state index contributed by atoms with van der Waals surface area (Å²) in [5, 5.41) is 0. The van der Waals surface area contributed by atoms with Crippen molar-refractivity contribution < 1.29 is 4.74 Å². The van der Waals surface area contributed by atoms with Crippen LogP contribution in [0.15, 0.2) is 18.5 Å². The molecule has 0 saturated heterocycles. The molecule has 0 amide bonds. The lowest BCUT2D eigenvalue weighted by molar-refractivity contribution is 0.133. The predicted molar refractivity (Wildman–Crippen MR) is 82.9 cm³/mol. The van der Waals surface area contributed by atoms with Crippen LogP contribution in [0.1, 0.15) is 51.5 Å². The molecular weight excluding hydrogens is 248 g/mol. The smallest absolute Gasteiger partial charge is 0.137 e. The molecule has 0 spiro atoms. The van der Waals surface area contributed by atoms with Crippen LogP contribution >= 0.6 is 0 Å². The highest BCUT2D eigenvalue weighted by atomic mass is 16.5. The molecule has 1 saturated carbocycles. The molecule has 3 heteroatoms. The van der Waals surface area contributed by atoms with Crippen LogP contribution in [0.25, 0.3) is 0 Å². The number of hydrogen-bond donors (Lipinski definition) is 1. The van der Waals surface area contributed by atoms with E-state index in [1.807, 2.05) is 6.20 Å². The Hall–Kier alpha value is -1.09. The zero-order valence-electron chi connectivity index (χ0n) is 13.2. The van der Waals surface area contributed by atoms with Crippen LogP contribution in [0.5, 0.6) is 5.75 Å². The molecule has 112 valence electrons. The molecular formula is C17H28N2O. The second-order valence-electron chi connectivity index (χ2n) is 7.14. The molecule has 2 N–H and O–H groups in total. The number of nitrogens with zero attached hydrogens (tertiary/aromatic N) is 1. The van der Waals surface area contributed by atoms with Gasteiger partial charge in [-0.1, -0.05) is 20.8 Å². The largest absolute Gasteiger partial charge is 0.495 e. The Morgan fingerprint density at radius 1 is 1.30 bits per heavy atom. The topological polar surface area (TPSA) is 48.1 Å². The highest BCUT2D eigenvalue weighted by Crippen LogP contribution is 2.46. The van der Waals surface area contributed by atoms with E-state index in [0.717, 1.165) is 18.2 Å². The maximum Gasteiger partial charge on any atom is 0.137 e. The highest BCUT2D eigenvalue weighted by Gasteiger charge is 2.36. The Morgan fingerprint density at radius 2 is 2.05 bits per heavy atom. The molecule has 1 aliphatic rings. The summed E-state index contributed by atoms with van der Waals surface area (Å²) in [7, 11) is 1.69. The number of hydrogen-bond acceptors (Lipinski definition) is 3. The SMILES string of the molecule is COc1cncc(C2CC(C(C)(C)C)CCC2CN)c1. The average Bonchev–Trinajstić information content (AvgIpc) is 2.45. The van der Waals surface area contributed by atoms with E-state index >= 15 is 0 Å². The summed E-state index contributed by atoms with van der Waals surface area (Å²) in [6.45, 7) is 7.81. The van der Waals surface area contributed by atoms with Crippen molar-refractivity contribution in [3.8, 4) is 5.75 Å². The van der Waals surface area contributed by atoms with Gasteiger partial charge in [0, 0.05) is 6.20 Å². The van der Waals surface area contributed by atoms with Crippen molar-refractivity contribution in [2.24, 2.45) is 23.0 Å². The molecule has 0 aliphatic heterocycles. The average molecular weight is 276 g/mol. The van der Waals surface area contributed by atoms with Crippen LogP contribution in [-0.4, -0.2) is 18.6 Å². The number of ether oxygens (including phenoxy) is 1. The van der Waals surface area contributed by atoms with Crippen molar-refractivity contribution in [3.05, 3.63) is 24.0 Å². The van der Waals surface area contributed by atoms with E-state index in [2.05, 4.69) is 31.8 Å². The molecule has 1 aliphatic carbocycles. The van der Waals surface area contributed by atoms with Gasteiger partial charge in [-0.3, -0.25) is 4.98 Å². The molecule has 3 unspecified atom stereocenters. The molecule has 1 fully saturated rings. The van der Waals surface area contributed by atoms with Crippen molar-refractivity contribution in [3.63, 3.8) is 0 Å². The third-order valence-corrected chi connectivity index (χ3v) is 4.92. The van der Waals surface area contributed by atoms with Gasteiger partial charge in [-0.15, -0.1) is 0 Å². The quantitative estimate of drug-likeness (QED) is 0.917. The second kappa shape index (κ2) is 6.13. The van der Waals surface area contributed by atoms with Gasteiger partial charge in [-0.05, 0) is 60.6 Å². The Balaban J connectivity index is 2.24. The Labute approximate surface area is 122 Å². The summed E-state index contributed by atoms with van der Waals surface area (Å²) in [6, 6.07) is 2.13. The molecule has 1 aromatic heterocycles. The first-order valence-electron chi connectivity index (χ1n) is 7.64. The minimum atomic E-state index is 0.365. The minimum absolute atomic E-state index is 0.365. The minimum Gasteiger partial charge on any atom is -0.495 e. The van der Waals surface area contributed by atoms with Crippen LogP contribution in [0, 0.1) is 17.3 Å². The van der Waals surface area contributed by atoms with Gasteiger partial charge in [0.15, 0.2) is 0 Å². The monoisotopic (exact) mass is 276 g/mol. The fraction of sp³-hybridized carbons (Fsp3) is 0.706. The summed E-state index contributed by atoms with van der Waals surface area (Å²) in [4.78, 5) is 4.32. The van der Waals surface area contributed by atoms with Gasteiger partial charge < -0.3 is 10.5 Å². The third kappa shape index (κ3) is 3.32. The summed E-state index contributed by atoms with van der Waals surface area (Å²) < 4.78 is 5.31. The number of nitrogens with two attached hydrogens (primary N) is 1. The molecule has 0 radical (unpaired) electrons. The molecule has 1 heterocycles. The van der Waals surface area contributed by atoms with E-state index in [0.29, 0.717) is 17.3 Å². The van der Waals surface area contributed by atoms with Crippen molar-refractivity contribution in [2.45, 2.75) is 46.0 Å². The second-order valence-corrected chi connectivity index (χ2v) is 7.14. The Morgan fingerprint density at radius 3 is 2.65 bits per heavy atom. The molecule has 3 atom stereocenters. The van der Waals surface area contributed by atoms with Crippen LogP contribution in [0.3, 0.4) is 0 Å². The lowest BCUT2D eigenvalue weighted by Gasteiger charge is -2.41. The van der Waals surface area contributed by atoms with Gasteiger partial charge in [0.25, 0.3) is 0 Å². The molecule has 20 heavy (non-hydrogen) atoms. The lowest BCUT2D eigenvalue weighted by atomic mass is 9.64. The van der Waals surface area contributed by atoms with E-state index in [4.69, 9.17) is 10.5 Å². The summed E-state index contributed by atoms with van der Waals surface area (Å²) in [6.07, 6.45) is 7.48. The van der Waals surface area contributed by atoms with Crippen LogP contribution < -0.4 is 10.5 Å². The fourth-order valence-corrected chi connectivity index (χ4v) is 3.46. The lowest BCUT2D eigenvalue weighted by Crippen LogP contribution is -2.34. The third-order valence-electron chi connectivity index (χ3n) is 4.92. The first-order valence-corrected chi connectivity index (χ1v) is 7.64. The van der Waals surface area contributed by atoms with Gasteiger partial charge in [-0.2, -0.15) is 0 Å². The van der Waals surface area contributed by atoms with Crippen molar-refractivity contribution in [2.75, 3.05) is 13.7 Å². The zero-order chi connectivity index (χ0) is 14.8. The molecule has 0 aromatic carbocycles. The van der Waals surface area contributed by atoms with E-state index in [-0.39, 0.29) is 0 Å². The zero-order valence-corrected chi connectivity index (χ0v) is 13.2. The highest BCUT2D eigenvalue weighted by molar-refractivity contribution is 5.27. The normalized spacial score (nSPS) is 27.4. The van der Waals surface area contributed by atoms with Gasteiger partial charge >= 0.3 is 0 Å². The van der Waals surface area contributed by atoms with Crippen molar-refractivity contribution in [1.29, 1.82) is 0 Å². The number of methoxy groups -OCH3 is 1. The molecule has 2 rings (SSSR count). The summed E-state index contributed by atoms with van der Waals surface area (Å²) >= 11 is 0. The van der Waals surface area contributed by atoms with Gasteiger partial charge in [0.05, 0.1) is 13.3 Å². The van der Waals surface area contributed by atoms with Crippen molar-refractivity contribution >= 4 is 0 Å². The predicted octanol–water partition coefficient (Wildman–Crippen LogP) is 3.59. The standard InChI is InChI=1S/C17H28N2O/c1-17(2,3)14-6-5-12(9-18)16(8-14)13-7-15(20-4)11-19-10-13/h7,10-12,14,16H,5-6,8-9,18H2,1-4H3. The van der Waals surface area contributed by atoms with E-state index in [1.165, 1.54) is 24.8 Å². The Bertz CT molecular complexity index is 439. The summed E-state index contributed by atoms with van der Waals surface area (Å²) in [5.74, 6) is 2.68. The van der Waals surface area contributed by atoms with Gasteiger partial charge in [0.2, 0.25) is 0 Å². The number of rotatable bonds is 3. The van der Waals surface area contributed by atoms with E-state index in [1.54, 1.807) is 13.3 Å². The number of aromatic nitrogens is 1. The molecule has 1 aromatic rings.